The SMILES string of the molecule is CCCCC/C=C\C=C\C(=O)[C@@](O)(CC(=O)O)C[N+](C)(C)C. The van der Waals surface area contributed by atoms with E-state index in [9.17, 15) is 14.7 Å². The fraction of sp³-hybridized carbons (Fsp3) is 0.647. The van der Waals surface area contributed by atoms with Crippen molar-refractivity contribution in [1.82, 2.24) is 0 Å². The number of hydrogen-bond donors (Lipinski definition) is 2. The lowest BCUT2D eigenvalue weighted by atomic mass is 9.92. The summed E-state index contributed by atoms with van der Waals surface area (Å²) in [6, 6.07) is 0. The predicted molar refractivity (Wildman–Crippen MR) is 87.5 cm³/mol. The minimum Gasteiger partial charge on any atom is -0.481 e. The van der Waals surface area contributed by atoms with Crippen molar-refractivity contribution in [2.45, 2.75) is 44.6 Å². The standard InChI is InChI=1S/C17H29NO4/c1-5-6-7-8-9-10-11-12-15(19)17(22,13-16(20)21)14-18(2,3)4/h9-12,22H,5-8,13-14H2,1-4H3/p+1/b10-9-,12-11+/t17-/m1/s1. The first-order chi connectivity index (χ1) is 10.1. The first-order valence-corrected chi connectivity index (χ1v) is 7.73. The van der Waals surface area contributed by atoms with Gasteiger partial charge in [-0.05, 0) is 18.9 Å². The van der Waals surface area contributed by atoms with Crippen LogP contribution < -0.4 is 0 Å². The molecule has 0 heterocycles. The quantitative estimate of drug-likeness (QED) is 0.265. The summed E-state index contributed by atoms with van der Waals surface area (Å²) in [5, 5.41) is 19.4. The number of nitrogens with zero attached hydrogens (tertiary/aromatic N) is 1. The lowest BCUT2D eigenvalue weighted by Crippen LogP contribution is -2.54. The first kappa shape index (κ1) is 20.5. The maximum atomic E-state index is 12.2. The second-order valence-corrected chi connectivity index (χ2v) is 6.70. The molecule has 126 valence electrons. The van der Waals surface area contributed by atoms with Gasteiger partial charge in [0, 0.05) is 0 Å². The highest BCUT2D eigenvalue weighted by atomic mass is 16.4. The number of carboxylic acid groups (broad SMARTS) is 1. The van der Waals surface area contributed by atoms with Crippen LogP contribution in [0, 0.1) is 0 Å². The van der Waals surface area contributed by atoms with Gasteiger partial charge in [-0.25, -0.2) is 0 Å². The number of quaternary nitrogens is 1. The number of likely N-dealkylation sites (N-methyl/N-ethyl adjacent to an activating group) is 1. The van der Waals surface area contributed by atoms with Gasteiger partial charge in [-0.1, -0.05) is 38.0 Å². The molecule has 0 radical (unpaired) electrons. The van der Waals surface area contributed by atoms with Gasteiger partial charge < -0.3 is 14.7 Å². The van der Waals surface area contributed by atoms with Crippen LogP contribution in [0.2, 0.25) is 0 Å². The van der Waals surface area contributed by atoms with Crippen LogP contribution in [0.3, 0.4) is 0 Å². The van der Waals surface area contributed by atoms with Gasteiger partial charge in [-0.2, -0.15) is 0 Å². The summed E-state index contributed by atoms with van der Waals surface area (Å²) >= 11 is 0. The van der Waals surface area contributed by atoms with Gasteiger partial charge in [0.2, 0.25) is 0 Å². The van der Waals surface area contributed by atoms with Crippen molar-refractivity contribution in [3.8, 4) is 0 Å². The lowest BCUT2D eigenvalue weighted by molar-refractivity contribution is -0.875. The molecule has 0 aliphatic rings. The molecular weight excluding hydrogens is 282 g/mol. The van der Waals surface area contributed by atoms with E-state index in [0.717, 1.165) is 19.3 Å². The predicted octanol–water partition coefficient (Wildman–Crippen LogP) is 2.16. The smallest absolute Gasteiger partial charge is 0.307 e. The topological polar surface area (TPSA) is 74.6 Å². The Kier molecular flexibility index (Phi) is 8.90. The first-order valence-electron chi connectivity index (χ1n) is 7.73. The highest BCUT2D eigenvalue weighted by Crippen LogP contribution is 2.17. The summed E-state index contributed by atoms with van der Waals surface area (Å²) in [5.74, 6) is -1.76. The number of hydrogen-bond acceptors (Lipinski definition) is 3. The van der Waals surface area contributed by atoms with Crippen LogP contribution in [0.4, 0.5) is 0 Å². The van der Waals surface area contributed by atoms with Crippen LogP contribution in [0.1, 0.15) is 39.0 Å². The minimum absolute atomic E-state index is 0.0443. The molecule has 0 saturated carbocycles. The Morgan fingerprint density at radius 1 is 1.14 bits per heavy atom. The molecule has 0 aromatic carbocycles. The number of carboxylic acids is 1. The summed E-state index contributed by atoms with van der Waals surface area (Å²) < 4.78 is 0.302. The van der Waals surface area contributed by atoms with Crippen LogP contribution >= 0.6 is 0 Å². The summed E-state index contributed by atoms with van der Waals surface area (Å²) in [7, 11) is 5.41. The van der Waals surface area contributed by atoms with Crippen molar-refractivity contribution < 1.29 is 24.3 Å². The van der Waals surface area contributed by atoms with Crippen molar-refractivity contribution in [3.05, 3.63) is 24.3 Å². The van der Waals surface area contributed by atoms with Crippen molar-refractivity contribution in [3.63, 3.8) is 0 Å². The van der Waals surface area contributed by atoms with Crippen LogP contribution in [0.5, 0.6) is 0 Å². The van der Waals surface area contributed by atoms with E-state index in [-0.39, 0.29) is 6.54 Å². The van der Waals surface area contributed by atoms with Gasteiger partial charge >= 0.3 is 5.97 Å². The average molecular weight is 312 g/mol. The molecule has 0 aromatic heterocycles. The Hall–Kier alpha value is -1.46. The van der Waals surface area contributed by atoms with Gasteiger partial charge in [0.15, 0.2) is 11.4 Å². The molecule has 0 saturated heterocycles. The van der Waals surface area contributed by atoms with E-state index in [4.69, 9.17) is 5.11 Å². The molecule has 1 atom stereocenters. The van der Waals surface area contributed by atoms with E-state index < -0.39 is 23.8 Å². The van der Waals surface area contributed by atoms with Gasteiger partial charge in [0.05, 0.1) is 27.6 Å². The molecular formula is C17H30NO4+. The van der Waals surface area contributed by atoms with Gasteiger partial charge in [-0.3, -0.25) is 9.59 Å². The van der Waals surface area contributed by atoms with Crippen molar-refractivity contribution >= 4 is 11.8 Å². The molecule has 0 aromatic rings. The van der Waals surface area contributed by atoms with Crippen molar-refractivity contribution in [2.24, 2.45) is 0 Å². The molecule has 5 heteroatoms. The number of allylic oxidation sites excluding steroid dienone is 3. The van der Waals surface area contributed by atoms with Gasteiger partial charge in [-0.15, -0.1) is 0 Å². The highest BCUT2D eigenvalue weighted by Gasteiger charge is 2.41. The third-order valence-corrected chi connectivity index (χ3v) is 3.11. The monoisotopic (exact) mass is 312 g/mol. The van der Waals surface area contributed by atoms with E-state index in [0.29, 0.717) is 4.48 Å². The second kappa shape index (κ2) is 9.54. The number of aliphatic carboxylic acids is 1. The lowest BCUT2D eigenvalue weighted by Gasteiger charge is -2.33. The molecule has 0 amide bonds. The van der Waals surface area contributed by atoms with Gasteiger partial charge in [0.25, 0.3) is 0 Å². The Morgan fingerprint density at radius 3 is 2.27 bits per heavy atom. The van der Waals surface area contributed by atoms with E-state index >= 15 is 0 Å². The molecule has 0 aliphatic heterocycles. The Bertz CT molecular complexity index is 421. The van der Waals surface area contributed by atoms with E-state index in [1.165, 1.54) is 12.5 Å². The van der Waals surface area contributed by atoms with Crippen molar-refractivity contribution in [1.29, 1.82) is 0 Å². The zero-order valence-corrected chi connectivity index (χ0v) is 14.2. The zero-order chi connectivity index (χ0) is 17.2. The van der Waals surface area contributed by atoms with E-state index in [1.807, 2.05) is 6.08 Å². The molecule has 0 rings (SSSR count). The minimum atomic E-state index is -1.88. The molecule has 0 unspecified atom stereocenters. The summed E-state index contributed by atoms with van der Waals surface area (Å²) in [5.41, 5.74) is -1.88. The Balaban J connectivity index is 4.73. The van der Waals surface area contributed by atoms with Crippen LogP contribution in [-0.4, -0.2) is 59.7 Å². The normalized spacial score (nSPS) is 15.3. The maximum absolute atomic E-state index is 12.2. The number of ketones is 1. The number of carbonyl (C=O) groups excluding carboxylic acids is 1. The summed E-state index contributed by atoms with van der Waals surface area (Å²) in [6.07, 6.45) is 10.4. The highest BCUT2D eigenvalue weighted by molar-refractivity contribution is 5.99. The second-order valence-electron chi connectivity index (χ2n) is 6.70. The van der Waals surface area contributed by atoms with Crippen LogP contribution in [0.25, 0.3) is 0 Å². The summed E-state index contributed by atoms with van der Waals surface area (Å²) in [4.78, 5) is 23.1. The Labute approximate surface area is 133 Å². The number of unbranched alkanes of at least 4 members (excludes halogenated alkanes) is 3. The third kappa shape index (κ3) is 9.47. The summed E-state index contributed by atoms with van der Waals surface area (Å²) in [6.45, 7) is 2.18. The molecule has 2 N–H and O–H groups in total. The van der Waals surface area contributed by atoms with Crippen molar-refractivity contribution in [2.75, 3.05) is 27.7 Å². The number of aliphatic hydroxyl groups is 1. The maximum Gasteiger partial charge on any atom is 0.307 e. The van der Waals surface area contributed by atoms with E-state index in [1.54, 1.807) is 33.3 Å². The zero-order valence-electron chi connectivity index (χ0n) is 14.2. The molecule has 22 heavy (non-hydrogen) atoms. The Morgan fingerprint density at radius 2 is 1.77 bits per heavy atom. The average Bonchev–Trinajstić information content (AvgIpc) is 2.34. The number of rotatable bonds is 11. The molecule has 0 fully saturated rings. The van der Waals surface area contributed by atoms with Crippen LogP contribution in [0.15, 0.2) is 24.3 Å². The molecule has 0 bridgehead atoms. The fourth-order valence-electron chi connectivity index (χ4n) is 2.24. The van der Waals surface area contributed by atoms with E-state index in [2.05, 4.69) is 6.92 Å². The fourth-order valence-corrected chi connectivity index (χ4v) is 2.24. The van der Waals surface area contributed by atoms with Crippen LogP contribution in [-0.2, 0) is 9.59 Å². The third-order valence-electron chi connectivity index (χ3n) is 3.11. The largest absolute Gasteiger partial charge is 0.481 e. The molecule has 0 aliphatic carbocycles. The molecule has 5 nitrogen and oxygen atoms in total. The van der Waals surface area contributed by atoms with Gasteiger partial charge in [0.1, 0.15) is 6.54 Å². The molecule has 0 spiro atoms. The number of carbonyl (C=O) groups is 2.